The summed E-state index contributed by atoms with van der Waals surface area (Å²) < 4.78 is 5.55. The van der Waals surface area contributed by atoms with E-state index in [0.717, 1.165) is 0 Å². The zero-order chi connectivity index (χ0) is 12.0. The molecule has 1 heterocycles. The molecule has 1 N–H and O–H groups in total. The van der Waals surface area contributed by atoms with Crippen molar-refractivity contribution in [1.82, 2.24) is 4.98 Å². The Balaban J connectivity index is 2.58. The fraction of sp³-hybridized carbons (Fsp3) is 0.500. The molecule has 1 aromatic rings. The van der Waals surface area contributed by atoms with Crippen molar-refractivity contribution in [2.75, 3.05) is 18.5 Å². The van der Waals surface area contributed by atoms with Gasteiger partial charge in [-0.25, -0.2) is 4.98 Å². The van der Waals surface area contributed by atoms with E-state index < -0.39 is 0 Å². The van der Waals surface area contributed by atoms with Crippen LogP contribution < -0.4 is 5.32 Å². The fourth-order valence-electron chi connectivity index (χ4n) is 1.34. The Morgan fingerprint density at radius 3 is 2.88 bits per heavy atom. The van der Waals surface area contributed by atoms with Crippen molar-refractivity contribution in [2.24, 2.45) is 0 Å². The Morgan fingerprint density at radius 1 is 1.50 bits per heavy atom. The number of ether oxygens (including phenoxy) is 1. The van der Waals surface area contributed by atoms with E-state index in [9.17, 15) is 0 Å². The molecule has 4 heteroatoms. The molecule has 86 valence electrons. The number of hydrogen-bond donors (Lipinski definition) is 1. The molecule has 1 aromatic heterocycles. The number of hydrogen-bond acceptors (Lipinski definition) is 4. The number of rotatable bonds is 5. The van der Waals surface area contributed by atoms with Crippen LogP contribution in [0.15, 0.2) is 18.2 Å². The Bertz CT molecular complexity index is 382. The van der Waals surface area contributed by atoms with Crippen molar-refractivity contribution in [3.8, 4) is 6.07 Å². The molecule has 0 aromatic carbocycles. The molecular formula is C12H17N3O. The van der Waals surface area contributed by atoms with Gasteiger partial charge in [-0.15, -0.1) is 0 Å². The molecule has 1 rings (SSSR count). The van der Waals surface area contributed by atoms with Crippen LogP contribution in [0.2, 0.25) is 0 Å². The van der Waals surface area contributed by atoms with Crippen molar-refractivity contribution in [2.45, 2.75) is 26.4 Å². The molecule has 0 saturated carbocycles. The smallest absolute Gasteiger partial charge is 0.142 e. The first kappa shape index (κ1) is 12.5. The minimum atomic E-state index is -0.237. The second kappa shape index (κ2) is 5.47. The van der Waals surface area contributed by atoms with Crippen molar-refractivity contribution in [3.63, 3.8) is 0 Å². The SMILES string of the molecule is CCOC(C)(C)CNc1cccc(C#N)n1. The third-order valence-electron chi connectivity index (χ3n) is 2.09. The van der Waals surface area contributed by atoms with Gasteiger partial charge in [0.05, 0.1) is 5.60 Å². The number of nitriles is 1. The van der Waals surface area contributed by atoms with Crippen molar-refractivity contribution in [3.05, 3.63) is 23.9 Å². The minimum absolute atomic E-state index is 0.237. The summed E-state index contributed by atoms with van der Waals surface area (Å²) in [6, 6.07) is 7.33. The average molecular weight is 219 g/mol. The summed E-state index contributed by atoms with van der Waals surface area (Å²) in [5.41, 5.74) is 0.179. The Hall–Kier alpha value is -1.60. The molecule has 0 spiro atoms. The second-order valence-corrected chi connectivity index (χ2v) is 4.07. The zero-order valence-electron chi connectivity index (χ0n) is 9.95. The quantitative estimate of drug-likeness (QED) is 0.824. The zero-order valence-corrected chi connectivity index (χ0v) is 9.95. The van der Waals surface area contributed by atoms with Crippen LogP contribution in [0.5, 0.6) is 0 Å². The van der Waals surface area contributed by atoms with Gasteiger partial charge in [-0.3, -0.25) is 0 Å². The lowest BCUT2D eigenvalue weighted by Gasteiger charge is -2.25. The first-order valence-electron chi connectivity index (χ1n) is 5.32. The van der Waals surface area contributed by atoms with E-state index in [1.165, 1.54) is 0 Å². The Kier molecular flexibility index (Phi) is 4.27. The van der Waals surface area contributed by atoms with Crippen LogP contribution in [-0.4, -0.2) is 23.7 Å². The first-order chi connectivity index (χ1) is 7.57. The standard InChI is InChI=1S/C12H17N3O/c1-4-16-12(2,3)9-14-11-7-5-6-10(8-13)15-11/h5-7H,4,9H2,1-3H3,(H,14,15). The lowest BCUT2D eigenvalue weighted by molar-refractivity contribution is 0.000642. The monoisotopic (exact) mass is 219 g/mol. The first-order valence-corrected chi connectivity index (χ1v) is 5.32. The highest BCUT2D eigenvalue weighted by Gasteiger charge is 2.17. The molecule has 0 atom stereocenters. The molecule has 0 bridgehead atoms. The van der Waals surface area contributed by atoms with Crippen molar-refractivity contribution in [1.29, 1.82) is 5.26 Å². The highest BCUT2D eigenvalue weighted by atomic mass is 16.5. The topological polar surface area (TPSA) is 57.9 Å². The molecule has 4 nitrogen and oxygen atoms in total. The van der Waals surface area contributed by atoms with E-state index in [1.54, 1.807) is 6.07 Å². The van der Waals surface area contributed by atoms with Crippen LogP contribution in [-0.2, 0) is 4.74 Å². The third-order valence-corrected chi connectivity index (χ3v) is 2.09. The van der Waals surface area contributed by atoms with Crippen LogP contribution in [0.25, 0.3) is 0 Å². The Labute approximate surface area is 96.3 Å². The van der Waals surface area contributed by atoms with Gasteiger partial charge < -0.3 is 10.1 Å². The van der Waals surface area contributed by atoms with E-state index in [-0.39, 0.29) is 5.60 Å². The maximum absolute atomic E-state index is 8.71. The summed E-state index contributed by atoms with van der Waals surface area (Å²) in [6.07, 6.45) is 0. The summed E-state index contributed by atoms with van der Waals surface area (Å²) in [7, 11) is 0. The number of nitrogens with one attached hydrogen (secondary N) is 1. The lowest BCUT2D eigenvalue weighted by atomic mass is 10.1. The molecule has 0 aliphatic heterocycles. The van der Waals surface area contributed by atoms with Crippen molar-refractivity contribution >= 4 is 5.82 Å². The molecule has 16 heavy (non-hydrogen) atoms. The van der Waals surface area contributed by atoms with Gasteiger partial charge in [-0.05, 0) is 32.9 Å². The van der Waals surface area contributed by atoms with E-state index in [2.05, 4.69) is 10.3 Å². The summed E-state index contributed by atoms with van der Waals surface area (Å²) >= 11 is 0. The van der Waals surface area contributed by atoms with Gasteiger partial charge in [-0.1, -0.05) is 6.07 Å². The highest BCUT2D eigenvalue weighted by molar-refractivity contribution is 5.38. The van der Waals surface area contributed by atoms with E-state index in [0.29, 0.717) is 24.7 Å². The summed E-state index contributed by atoms with van der Waals surface area (Å²) in [5, 5.41) is 11.9. The fourth-order valence-corrected chi connectivity index (χ4v) is 1.34. The van der Waals surface area contributed by atoms with Crippen LogP contribution in [0.4, 0.5) is 5.82 Å². The second-order valence-electron chi connectivity index (χ2n) is 4.07. The maximum Gasteiger partial charge on any atom is 0.142 e. The average Bonchev–Trinajstić information content (AvgIpc) is 2.27. The number of aromatic nitrogens is 1. The lowest BCUT2D eigenvalue weighted by Crippen LogP contribution is -2.33. The molecule has 0 fully saturated rings. The van der Waals surface area contributed by atoms with Gasteiger partial charge >= 0.3 is 0 Å². The van der Waals surface area contributed by atoms with Gasteiger partial charge in [0.15, 0.2) is 0 Å². The summed E-state index contributed by atoms with van der Waals surface area (Å²) in [6.45, 7) is 7.33. The van der Waals surface area contributed by atoms with Gasteiger partial charge in [0.25, 0.3) is 0 Å². The third kappa shape index (κ3) is 3.87. The molecule has 0 amide bonds. The van der Waals surface area contributed by atoms with Gasteiger partial charge in [0, 0.05) is 13.2 Å². The van der Waals surface area contributed by atoms with Crippen LogP contribution in [0.1, 0.15) is 26.5 Å². The number of nitrogens with zero attached hydrogens (tertiary/aromatic N) is 2. The van der Waals surface area contributed by atoms with Crippen LogP contribution in [0, 0.1) is 11.3 Å². The van der Waals surface area contributed by atoms with Gasteiger partial charge in [0.1, 0.15) is 17.6 Å². The molecule has 0 aliphatic rings. The predicted molar refractivity (Wildman–Crippen MR) is 63.1 cm³/mol. The van der Waals surface area contributed by atoms with E-state index in [1.807, 2.05) is 39.0 Å². The maximum atomic E-state index is 8.71. The molecule has 0 unspecified atom stereocenters. The molecule has 0 aliphatic carbocycles. The van der Waals surface area contributed by atoms with E-state index >= 15 is 0 Å². The predicted octanol–water partition coefficient (Wildman–Crippen LogP) is 2.18. The van der Waals surface area contributed by atoms with Crippen LogP contribution in [0.3, 0.4) is 0 Å². The van der Waals surface area contributed by atoms with Crippen molar-refractivity contribution < 1.29 is 4.74 Å². The molecule has 0 saturated heterocycles. The van der Waals surface area contributed by atoms with Gasteiger partial charge in [-0.2, -0.15) is 5.26 Å². The van der Waals surface area contributed by atoms with Crippen LogP contribution >= 0.6 is 0 Å². The van der Waals surface area contributed by atoms with E-state index in [4.69, 9.17) is 10.00 Å². The minimum Gasteiger partial charge on any atom is -0.374 e. The largest absolute Gasteiger partial charge is 0.374 e. The highest BCUT2D eigenvalue weighted by Crippen LogP contribution is 2.11. The summed E-state index contributed by atoms with van der Waals surface area (Å²) in [5.74, 6) is 0.701. The molecular weight excluding hydrogens is 202 g/mol. The van der Waals surface area contributed by atoms with Gasteiger partial charge in [0.2, 0.25) is 0 Å². The Morgan fingerprint density at radius 2 is 2.25 bits per heavy atom. The molecule has 0 radical (unpaired) electrons. The number of anilines is 1. The summed E-state index contributed by atoms with van der Waals surface area (Å²) in [4.78, 5) is 4.13. The number of pyridine rings is 1. The normalized spacial score (nSPS) is 10.9.